The lowest BCUT2D eigenvalue weighted by atomic mass is 10.9. The molecular formula is C5H10N2O2PS+. The van der Waals surface area contributed by atoms with E-state index in [1.54, 1.807) is 23.3 Å². The van der Waals surface area contributed by atoms with Gasteiger partial charge in [0.15, 0.2) is 0 Å². The first-order valence-electron chi connectivity index (χ1n) is 2.99. The first-order chi connectivity index (χ1) is 5.06. The Labute approximate surface area is 70.3 Å². The average Bonchev–Trinajstić information content (AvgIpc) is 2.36. The van der Waals surface area contributed by atoms with E-state index in [1.165, 1.54) is 11.4 Å². The van der Waals surface area contributed by atoms with Crippen LogP contribution in [0.4, 0.5) is 0 Å². The summed E-state index contributed by atoms with van der Waals surface area (Å²) in [6, 6.07) is 0. The summed E-state index contributed by atoms with van der Waals surface area (Å²) in [5.41, 5.74) is 0. The van der Waals surface area contributed by atoms with E-state index in [0.29, 0.717) is 0 Å². The van der Waals surface area contributed by atoms with Gasteiger partial charge in [0, 0.05) is 18.9 Å². The van der Waals surface area contributed by atoms with Gasteiger partial charge in [-0.2, -0.15) is 4.34 Å². The molecule has 0 aliphatic carbocycles. The Kier molecular flexibility index (Phi) is 2.44. The highest BCUT2D eigenvalue weighted by atomic mass is 32.5. The van der Waals surface area contributed by atoms with Gasteiger partial charge in [-0.3, -0.25) is 4.52 Å². The van der Waals surface area contributed by atoms with Gasteiger partial charge >= 0.3 is 6.64 Å². The summed E-state index contributed by atoms with van der Waals surface area (Å²) in [7, 11) is 3.25. The molecule has 0 aromatic carbocycles. The molecular weight excluding hydrogens is 183 g/mol. The molecule has 1 rings (SSSR count). The lowest BCUT2D eigenvalue weighted by Gasteiger charge is -2.05. The van der Waals surface area contributed by atoms with Gasteiger partial charge in [-0.15, -0.1) is 0 Å². The fraction of sp³-hybridized carbons (Fsp3) is 0.400. The maximum atomic E-state index is 9.46. The van der Waals surface area contributed by atoms with Crippen LogP contribution in [0.15, 0.2) is 18.7 Å². The van der Waals surface area contributed by atoms with Crippen LogP contribution in [0.25, 0.3) is 0 Å². The molecule has 62 valence electrons. The number of nitrogens with zero attached hydrogens (tertiary/aromatic N) is 2. The first-order valence-corrected chi connectivity index (χ1v) is 5.61. The molecule has 1 atom stereocenters. The summed E-state index contributed by atoms with van der Waals surface area (Å²) in [5, 5.41) is 0. The van der Waals surface area contributed by atoms with Crippen molar-refractivity contribution in [1.82, 2.24) is 4.34 Å². The molecule has 4 nitrogen and oxygen atoms in total. The van der Waals surface area contributed by atoms with E-state index in [-0.39, 0.29) is 0 Å². The molecule has 0 radical (unpaired) electrons. The van der Waals surface area contributed by atoms with Gasteiger partial charge in [0.1, 0.15) is 12.4 Å². The van der Waals surface area contributed by atoms with E-state index < -0.39 is 6.64 Å². The molecule has 0 aliphatic rings. The summed E-state index contributed by atoms with van der Waals surface area (Å²) >= 11 is 4.82. The quantitative estimate of drug-likeness (QED) is 0.531. The van der Waals surface area contributed by atoms with E-state index in [0.717, 1.165) is 0 Å². The molecule has 0 bridgehead atoms. The van der Waals surface area contributed by atoms with Crippen LogP contribution in [0, 0.1) is 0 Å². The van der Waals surface area contributed by atoms with Crippen molar-refractivity contribution < 1.29 is 14.0 Å². The number of aryl methyl sites for hydroxylation is 1. The predicted octanol–water partition coefficient (Wildman–Crippen LogP) is 0.0239. The predicted molar refractivity (Wildman–Crippen MR) is 44.5 cm³/mol. The Hall–Kier alpha value is -0.220. The van der Waals surface area contributed by atoms with Gasteiger partial charge in [0.25, 0.3) is 0 Å². The van der Waals surface area contributed by atoms with Crippen molar-refractivity contribution in [3.05, 3.63) is 18.7 Å². The van der Waals surface area contributed by atoms with Crippen molar-refractivity contribution in [3.8, 4) is 0 Å². The van der Waals surface area contributed by atoms with Gasteiger partial charge in [0.05, 0.1) is 7.05 Å². The SMILES string of the molecule is COP(O)(=S)n1cc[n+](C)c1. The van der Waals surface area contributed by atoms with Gasteiger partial charge in [-0.1, -0.05) is 0 Å². The Morgan fingerprint density at radius 3 is 2.73 bits per heavy atom. The standard InChI is InChI=1S/C5H9N2O2PS/c1-6-3-4-7(5-6)10(8,11)9-2/h3-5H,1-2H3/p+1. The number of aromatic nitrogens is 2. The summed E-state index contributed by atoms with van der Waals surface area (Å²) < 4.78 is 8.06. The molecule has 11 heavy (non-hydrogen) atoms. The highest BCUT2D eigenvalue weighted by Gasteiger charge is 2.20. The summed E-state index contributed by atoms with van der Waals surface area (Å²) in [4.78, 5) is 9.46. The van der Waals surface area contributed by atoms with E-state index in [4.69, 9.17) is 16.3 Å². The molecule has 6 heteroatoms. The first kappa shape index (κ1) is 8.87. The van der Waals surface area contributed by atoms with Crippen LogP contribution in [-0.2, 0) is 23.4 Å². The number of hydrogen-bond donors (Lipinski definition) is 1. The molecule has 1 heterocycles. The van der Waals surface area contributed by atoms with Gasteiger partial charge in [-0.05, 0) is 0 Å². The third-order valence-corrected chi connectivity index (χ3v) is 3.59. The van der Waals surface area contributed by atoms with Crippen LogP contribution in [0.1, 0.15) is 0 Å². The molecule has 0 saturated carbocycles. The van der Waals surface area contributed by atoms with E-state index in [9.17, 15) is 4.89 Å². The normalized spacial score (nSPS) is 16.3. The van der Waals surface area contributed by atoms with Crippen molar-refractivity contribution in [2.24, 2.45) is 7.05 Å². The Bertz CT molecular complexity index is 298. The van der Waals surface area contributed by atoms with Gasteiger partial charge in [0.2, 0.25) is 6.33 Å². The Balaban J connectivity index is 3.02. The third kappa shape index (κ3) is 1.87. The second-order valence-electron chi connectivity index (χ2n) is 2.13. The number of rotatable bonds is 2. The number of imidazole rings is 1. The minimum Gasteiger partial charge on any atom is -0.312 e. The molecule has 0 saturated heterocycles. The lowest BCUT2D eigenvalue weighted by Crippen LogP contribution is -2.23. The third-order valence-electron chi connectivity index (χ3n) is 1.28. The second kappa shape index (κ2) is 3.03. The molecule has 0 spiro atoms. The Morgan fingerprint density at radius 1 is 1.73 bits per heavy atom. The topological polar surface area (TPSA) is 38.3 Å². The van der Waals surface area contributed by atoms with E-state index >= 15 is 0 Å². The maximum Gasteiger partial charge on any atom is 0.379 e. The fourth-order valence-electron chi connectivity index (χ4n) is 0.681. The zero-order valence-corrected chi connectivity index (χ0v) is 8.05. The second-order valence-corrected chi connectivity index (χ2v) is 5.37. The van der Waals surface area contributed by atoms with Crippen LogP contribution in [-0.4, -0.2) is 16.3 Å². The zero-order valence-electron chi connectivity index (χ0n) is 6.34. The summed E-state index contributed by atoms with van der Waals surface area (Å²) in [6.45, 7) is -2.78. The van der Waals surface area contributed by atoms with E-state index in [2.05, 4.69) is 0 Å². The van der Waals surface area contributed by atoms with Gasteiger partial charge < -0.3 is 4.89 Å². The fourth-order valence-corrected chi connectivity index (χ4v) is 1.68. The minimum absolute atomic E-state index is 1.40. The molecule has 1 aromatic rings. The largest absolute Gasteiger partial charge is 0.379 e. The average molecular weight is 193 g/mol. The molecule has 0 aliphatic heterocycles. The molecule has 1 unspecified atom stereocenters. The monoisotopic (exact) mass is 193 g/mol. The van der Waals surface area contributed by atoms with Crippen molar-refractivity contribution in [2.75, 3.05) is 7.11 Å². The van der Waals surface area contributed by atoms with E-state index in [1.807, 2.05) is 7.05 Å². The minimum atomic E-state index is -2.78. The maximum absolute atomic E-state index is 9.46. The van der Waals surface area contributed by atoms with Crippen LogP contribution in [0.3, 0.4) is 0 Å². The molecule has 1 N–H and O–H groups in total. The van der Waals surface area contributed by atoms with Crippen LogP contribution in [0.5, 0.6) is 0 Å². The highest BCUT2D eigenvalue weighted by Crippen LogP contribution is 2.41. The van der Waals surface area contributed by atoms with Crippen molar-refractivity contribution in [1.29, 1.82) is 0 Å². The number of hydrogen-bond acceptors (Lipinski definition) is 2. The van der Waals surface area contributed by atoms with Crippen molar-refractivity contribution in [3.63, 3.8) is 0 Å². The van der Waals surface area contributed by atoms with Crippen molar-refractivity contribution >= 4 is 18.4 Å². The zero-order chi connectivity index (χ0) is 8.48. The van der Waals surface area contributed by atoms with Crippen molar-refractivity contribution in [2.45, 2.75) is 0 Å². The molecule has 1 aromatic heterocycles. The van der Waals surface area contributed by atoms with Crippen LogP contribution >= 0.6 is 6.64 Å². The Morgan fingerprint density at radius 2 is 2.36 bits per heavy atom. The smallest absolute Gasteiger partial charge is 0.312 e. The molecule has 0 amide bonds. The van der Waals surface area contributed by atoms with Gasteiger partial charge in [-0.25, -0.2) is 4.57 Å². The van der Waals surface area contributed by atoms with Crippen LogP contribution in [0.2, 0.25) is 0 Å². The summed E-state index contributed by atoms with van der Waals surface area (Å²) in [6.07, 6.45) is 5.16. The lowest BCUT2D eigenvalue weighted by molar-refractivity contribution is -0.670. The van der Waals surface area contributed by atoms with Crippen LogP contribution < -0.4 is 4.57 Å². The highest BCUT2D eigenvalue weighted by molar-refractivity contribution is 8.08. The molecule has 0 fully saturated rings. The summed E-state index contributed by atoms with van der Waals surface area (Å²) in [5.74, 6) is 0.